The number of aliphatic carboxylic acids is 1. The van der Waals surface area contributed by atoms with Crippen LogP contribution < -0.4 is 15.4 Å². The summed E-state index contributed by atoms with van der Waals surface area (Å²) in [7, 11) is 1.64. The van der Waals surface area contributed by atoms with Gasteiger partial charge < -0.3 is 25.1 Å². The van der Waals surface area contributed by atoms with Crippen LogP contribution in [-0.4, -0.2) is 46.6 Å². The minimum atomic E-state index is -0.845. The molecule has 0 aliphatic carbocycles. The lowest BCUT2D eigenvalue weighted by Gasteiger charge is -2.28. The summed E-state index contributed by atoms with van der Waals surface area (Å²) in [6.07, 6.45) is 2.64. The number of carboxylic acid groups (broad SMARTS) is 1. The zero-order valence-electron chi connectivity index (χ0n) is 19.5. The van der Waals surface area contributed by atoms with Gasteiger partial charge in [0.1, 0.15) is 17.5 Å². The second-order valence-corrected chi connectivity index (χ2v) is 9.77. The van der Waals surface area contributed by atoms with Crippen LogP contribution >= 0.6 is 15.9 Å². The van der Waals surface area contributed by atoms with E-state index in [1.807, 2.05) is 30.3 Å². The lowest BCUT2D eigenvalue weighted by Crippen LogP contribution is -2.42. The second-order valence-electron chi connectivity index (χ2n) is 8.85. The third kappa shape index (κ3) is 4.30. The molecule has 2 aliphatic heterocycles. The molecule has 6 rings (SSSR count). The minimum Gasteiger partial charge on any atom is -0.497 e. The third-order valence-electron chi connectivity index (χ3n) is 6.78. The number of nitrogens with one attached hydrogen (secondary N) is 4. The molecule has 35 heavy (non-hydrogen) atoms. The lowest BCUT2D eigenvalue weighted by molar-refractivity contribution is -0.140. The van der Waals surface area contributed by atoms with Gasteiger partial charge in [0.15, 0.2) is 0 Å². The molecule has 8 nitrogen and oxygen atoms in total. The van der Waals surface area contributed by atoms with Crippen LogP contribution in [0.3, 0.4) is 0 Å². The van der Waals surface area contributed by atoms with Crippen molar-refractivity contribution in [2.45, 2.75) is 38.3 Å². The maximum absolute atomic E-state index is 11.6. The first-order chi connectivity index (χ1) is 16.9. The number of benzene rings is 2. The maximum Gasteiger partial charge on any atom is 0.326 e. The number of rotatable bonds is 3. The van der Waals surface area contributed by atoms with Crippen LogP contribution in [0, 0.1) is 0 Å². The summed E-state index contributed by atoms with van der Waals surface area (Å²) in [5.41, 5.74) is 5.70. The number of aromatic amines is 2. The fourth-order valence-electron chi connectivity index (χ4n) is 4.99. The van der Waals surface area contributed by atoms with Crippen LogP contribution in [0.15, 0.2) is 40.9 Å². The van der Waals surface area contributed by atoms with Gasteiger partial charge in [-0.15, -0.1) is 0 Å². The van der Waals surface area contributed by atoms with E-state index in [1.165, 1.54) is 0 Å². The zero-order chi connectivity index (χ0) is 24.7. The van der Waals surface area contributed by atoms with Crippen molar-refractivity contribution in [3.8, 4) is 5.75 Å². The molecule has 0 saturated carbocycles. The maximum atomic E-state index is 11.6. The summed E-state index contributed by atoms with van der Waals surface area (Å²) in [5, 5.41) is 17.6. The van der Waals surface area contributed by atoms with E-state index in [2.05, 4.69) is 49.5 Å². The van der Waals surface area contributed by atoms with E-state index < -0.39 is 12.0 Å². The summed E-state index contributed by atoms with van der Waals surface area (Å²) < 4.78 is 6.31. The molecule has 2 aliphatic rings. The summed E-state index contributed by atoms with van der Waals surface area (Å²) in [6, 6.07) is 11.3. The van der Waals surface area contributed by atoms with Gasteiger partial charge in [-0.05, 0) is 66.8 Å². The number of H-pyrrole nitrogens is 2. The first-order valence-corrected chi connectivity index (χ1v) is 12.4. The van der Waals surface area contributed by atoms with Crippen molar-refractivity contribution >= 4 is 49.6 Å². The van der Waals surface area contributed by atoms with Crippen molar-refractivity contribution in [3.05, 3.63) is 63.4 Å². The Bertz CT molecular complexity index is 1440. The Morgan fingerprint density at radius 2 is 1.86 bits per heavy atom. The first-order valence-electron chi connectivity index (χ1n) is 11.6. The molecule has 0 saturated heterocycles. The number of hydrogen-bond donors (Lipinski definition) is 5. The molecular formula is C26H27BrN4O4. The van der Waals surface area contributed by atoms with E-state index in [9.17, 15) is 14.7 Å². The van der Waals surface area contributed by atoms with Crippen molar-refractivity contribution in [3.63, 3.8) is 0 Å². The van der Waals surface area contributed by atoms with Crippen LogP contribution in [0.2, 0.25) is 0 Å². The average Bonchev–Trinajstić information content (AvgIpc) is 3.42. The molecule has 182 valence electrons. The van der Waals surface area contributed by atoms with E-state index >= 15 is 0 Å². The molecule has 2 aromatic carbocycles. The smallest absolute Gasteiger partial charge is 0.326 e. The van der Waals surface area contributed by atoms with Crippen molar-refractivity contribution in [1.29, 1.82) is 0 Å². The Kier molecular flexibility index (Phi) is 6.29. The largest absolute Gasteiger partial charge is 0.497 e. The van der Waals surface area contributed by atoms with Crippen LogP contribution in [0.5, 0.6) is 5.75 Å². The summed E-state index contributed by atoms with van der Waals surface area (Å²) >= 11 is 3.45. The number of carbonyl (C=O) groups excluding carboxylic acids is 1. The predicted molar refractivity (Wildman–Crippen MR) is 138 cm³/mol. The number of carboxylic acids is 1. The average molecular weight is 539 g/mol. The molecule has 4 aromatic rings. The summed E-state index contributed by atoms with van der Waals surface area (Å²) in [6.45, 7) is 2.79. The number of hydrogen-bond acceptors (Lipinski definition) is 4. The van der Waals surface area contributed by atoms with Gasteiger partial charge in [-0.3, -0.25) is 14.9 Å². The highest BCUT2D eigenvalue weighted by molar-refractivity contribution is 9.10. The number of carbonyl (C=O) groups is 2. The SMILES string of the molecule is CCC1Cc2c([nH]c3ccc(OC)cc23)C(C(=O)O)N1.O=C1NCCc2c1[nH]c1ccc(Br)cc21. The zero-order valence-corrected chi connectivity index (χ0v) is 21.1. The molecular weight excluding hydrogens is 512 g/mol. The number of aromatic nitrogens is 2. The highest BCUT2D eigenvalue weighted by atomic mass is 79.9. The standard InChI is InChI=1S/C15H18N2O3.C11H9BrN2O/c1-3-8-6-11-10-7-9(20-2)4-5-12(10)17-13(11)14(16-8)15(18)19;12-6-1-2-9-8(5-6)7-3-4-13-11(15)10(7)14-9/h4-5,7-8,14,16-17H,3,6H2,1-2H3,(H,18,19);1-2,5,14H,3-4H2,(H,13,15). The van der Waals surface area contributed by atoms with Crippen LogP contribution in [-0.2, 0) is 17.6 Å². The van der Waals surface area contributed by atoms with E-state index in [0.717, 1.165) is 74.7 Å². The fourth-order valence-corrected chi connectivity index (χ4v) is 5.35. The normalized spacial score (nSPS) is 18.9. The molecule has 2 unspecified atom stereocenters. The molecule has 5 N–H and O–H groups in total. The van der Waals surface area contributed by atoms with Crippen LogP contribution in [0.1, 0.15) is 46.7 Å². The highest BCUT2D eigenvalue weighted by Gasteiger charge is 2.33. The Hall–Kier alpha value is -3.30. The quantitative estimate of drug-likeness (QED) is 0.264. The Balaban J connectivity index is 0.000000151. The monoisotopic (exact) mass is 538 g/mol. The predicted octanol–water partition coefficient (Wildman–Crippen LogP) is 4.44. The van der Waals surface area contributed by atoms with E-state index in [0.29, 0.717) is 5.69 Å². The van der Waals surface area contributed by atoms with Gasteiger partial charge in [-0.2, -0.15) is 0 Å². The third-order valence-corrected chi connectivity index (χ3v) is 7.28. The van der Waals surface area contributed by atoms with Gasteiger partial charge in [0.25, 0.3) is 5.91 Å². The van der Waals surface area contributed by atoms with E-state index in [1.54, 1.807) is 7.11 Å². The highest BCUT2D eigenvalue weighted by Crippen LogP contribution is 2.34. The number of ether oxygens (including phenoxy) is 1. The van der Waals surface area contributed by atoms with Crippen LogP contribution in [0.4, 0.5) is 0 Å². The molecule has 0 radical (unpaired) electrons. The molecule has 1 amide bonds. The van der Waals surface area contributed by atoms with Gasteiger partial charge in [0, 0.05) is 44.6 Å². The minimum absolute atomic E-state index is 0.00331. The Morgan fingerprint density at radius 3 is 2.60 bits per heavy atom. The molecule has 4 heterocycles. The molecule has 0 fully saturated rings. The Morgan fingerprint density at radius 1 is 1.11 bits per heavy atom. The topological polar surface area (TPSA) is 119 Å². The lowest BCUT2D eigenvalue weighted by atomic mass is 9.92. The number of fused-ring (bicyclic) bond motifs is 6. The molecule has 0 bridgehead atoms. The molecule has 9 heteroatoms. The number of amides is 1. The fraction of sp³-hybridized carbons (Fsp3) is 0.308. The van der Waals surface area contributed by atoms with Gasteiger partial charge in [0.2, 0.25) is 0 Å². The van der Waals surface area contributed by atoms with Gasteiger partial charge in [-0.25, -0.2) is 0 Å². The molecule has 0 spiro atoms. The van der Waals surface area contributed by atoms with Gasteiger partial charge in [0.05, 0.1) is 7.11 Å². The van der Waals surface area contributed by atoms with Crippen molar-refractivity contribution in [2.75, 3.05) is 13.7 Å². The van der Waals surface area contributed by atoms with Crippen molar-refractivity contribution in [2.24, 2.45) is 0 Å². The van der Waals surface area contributed by atoms with Gasteiger partial charge >= 0.3 is 5.97 Å². The molecule has 2 atom stereocenters. The van der Waals surface area contributed by atoms with E-state index in [4.69, 9.17) is 4.74 Å². The van der Waals surface area contributed by atoms with Gasteiger partial charge in [-0.1, -0.05) is 22.9 Å². The number of halogens is 1. The van der Waals surface area contributed by atoms with Crippen molar-refractivity contribution < 1.29 is 19.4 Å². The first kappa shape index (κ1) is 23.4. The number of methoxy groups -OCH3 is 1. The summed E-state index contributed by atoms with van der Waals surface area (Å²) in [5.74, 6) is -0.0516. The molecule has 2 aromatic heterocycles. The Labute approximate surface area is 210 Å². The van der Waals surface area contributed by atoms with Crippen molar-refractivity contribution in [1.82, 2.24) is 20.6 Å². The van der Waals surface area contributed by atoms with E-state index in [-0.39, 0.29) is 11.9 Å². The second kappa shape index (κ2) is 9.39. The van der Waals surface area contributed by atoms with Crippen LogP contribution in [0.25, 0.3) is 21.8 Å². The summed E-state index contributed by atoms with van der Waals surface area (Å²) in [4.78, 5) is 29.5.